The smallest absolute Gasteiger partial charge is 0.151 e. The number of hydrogen-bond acceptors (Lipinski definition) is 4. The van der Waals surface area contributed by atoms with Gasteiger partial charge >= 0.3 is 0 Å². The van der Waals surface area contributed by atoms with Gasteiger partial charge in [0.05, 0.1) is 11.5 Å². The summed E-state index contributed by atoms with van der Waals surface area (Å²) in [4.78, 5) is 2.18. The number of hydrogen-bond donors (Lipinski definition) is 1. The fraction of sp³-hybridized carbons (Fsp3) is 0.571. The van der Waals surface area contributed by atoms with Gasteiger partial charge in [-0.05, 0) is 50.6 Å². The molecule has 0 spiro atoms. The molecule has 106 valence electrons. The molecule has 1 heterocycles. The standard InChI is InChI=1S/C14H22N2O2S/c1-16(14-7-9-19(17,18)11-14)8-3-5-12-4-2-6-13(15)10-12/h2,4,6,10,14H,3,5,7-9,11,15H2,1H3. The summed E-state index contributed by atoms with van der Waals surface area (Å²) in [6, 6.07) is 8.14. The van der Waals surface area contributed by atoms with Crippen molar-refractivity contribution in [2.24, 2.45) is 0 Å². The number of rotatable bonds is 5. The van der Waals surface area contributed by atoms with Gasteiger partial charge in [-0.15, -0.1) is 0 Å². The highest BCUT2D eigenvalue weighted by molar-refractivity contribution is 7.91. The van der Waals surface area contributed by atoms with Crippen molar-refractivity contribution in [3.63, 3.8) is 0 Å². The molecule has 0 saturated carbocycles. The predicted octanol–water partition coefficient (Wildman–Crippen LogP) is 1.32. The second-order valence-electron chi connectivity index (χ2n) is 5.39. The minimum atomic E-state index is -2.78. The zero-order valence-electron chi connectivity index (χ0n) is 11.4. The van der Waals surface area contributed by atoms with Crippen molar-refractivity contribution in [1.29, 1.82) is 0 Å². The van der Waals surface area contributed by atoms with Crippen LogP contribution in [0.4, 0.5) is 5.69 Å². The maximum atomic E-state index is 11.4. The molecular weight excluding hydrogens is 260 g/mol. The van der Waals surface area contributed by atoms with Crippen molar-refractivity contribution in [3.8, 4) is 0 Å². The third kappa shape index (κ3) is 4.21. The van der Waals surface area contributed by atoms with E-state index in [-0.39, 0.29) is 6.04 Å². The second kappa shape index (κ2) is 5.92. The lowest BCUT2D eigenvalue weighted by Crippen LogP contribution is -2.33. The van der Waals surface area contributed by atoms with Gasteiger partial charge in [-0.2, -0.15) is 0 Å². The van der Waals surface area contributed by atoms with Crippen molar-refractivity contribution in [2.75, 3.05) is 30.8 Å². The van der Waals surface area contributed by atoms with Crippen LogP contribution >= 0.6 is 0 Å². The third-order valence-electron chi connectivity index (χ3n) is 3.76. The van der Waals surface area contributed by atoms with Crippen LogP contribution in [0.25, 0.3) is 0 Å². The molecule has 0 aromatic heterocycles. The molecule has 0 amide bonds. The minimum absolute atomic E-state index is 0.200. The van der Waals surface area contributed by atoms with Gasteiger partial charge in [-0.1, -0.05) is 12.1 Å². The van der Waals surface area contributed by atoms with E-state index in [0.29, 0.717) is 11.5 Å². The molecule has 1 aliphatic heterocycles. The van der Waals surface area contributed by atoms with Gasteiger partial charge in [0.2, 0.25) is 0 Å². The van der Waals surface area contributed by atoms with E-state index in [4.69, 9.17) is 5.73 Å². The lowest BCUT2D eigenvalue weighted by molar-refractivity contribution is 0.259. The summed E-state index contributed by atoms with van der Waals surface area (Å²) in [5.41, 5.74) is 7.78. The quantitative estimate of drug-likeness (QED) is 0.827. The van der Waals surface area contributed by atoms with Crippen LogP contribution in [0.2, 0.25) is 0 Å². The molecule has 1 aliphatic rings. The average Bonchev–Trinajstić information content (AvgIpc) is 2.70. The van der Waals surface area contributed by atoms with Gasteiger partial charge in [-0.25, -0.2) is 8.42 Å². The van der Waals surface area contributed by atoms with Crippen molar-refractivity contribution >= 4 is 15.5 Å². The van der Waals surface area contributed by atoms with Gasteiger partial charge in [0.1, 0.15) is 0 Å². The maximum absolute atomic E-state index is 11.4. The zero-order valence-corrected chi connectivity index (χ0v) is 12.2. The van der Waals surface area contributed by atoms with E-state index >= 15 is 0 Å². The average molecular weight is 282 g/mol. The first-order valence-electron chi connectivity index (χ1n) is 6.71. The first-order chi connectivity index (χ1) is 8.96. The molecule has 1 saturated heterocycles. The summed E-state index contributed by atoms with van der Waals surface area (Å²) in [7, 11) is -0.763. The Hall–Kier alpha value is -1.07. The minimum Gasteiger partial charge on any atom is -0.399 e. The molecule has 5 heteroatoms. The van der Waals surface area contributed by atoms with E-state index in [2.05, 4.69) is 11.0 Å². The summed E-state index contributed by atoms with van der Waals surface area (Å²) in [6.45, 7) is 0.926. The van der Waals surface area contributed by atoms with Crippen LogP contribution in [0.5, 0.6) is 0 Å². The lowest BCUT2D eigenvalue weighted by Gasteiger charge is -2.22. The van der Waals surface area contributed by atoms with Gasteiger partial charge in [0.25, 0.3) is 0 Å². The highest BCUT2D eigenvalue weighted by atomic mass is 32.2. The summed E-state index contributed by atoms with van der Waals surface area (Å²) in [5, 5.41) is 0. The summed E-state index contributed by atoms with van der Waals surface area (Å²) in [6.07, 6.45) is 2.78. The molecule has 1 atom stereocenters. The summed E-state index contributed by atoms with van der Waals surface area (Å²) >= 11 is 0. The van der Waals surface area contributed by atoms with Crippen LogP contribution < -0.4 is 5.73 Å². The predicted molar refractivity (Wildman–Crippen MR) is 78.9 cm³/mol. The molecule has 19 heavy (non-hydrogen) atoms. The van der Waals surface area contributed by atoms with Gasteiger partial charge in [0, 0.05) is 11.7 Å². The fourth-order valence-corrected chi connectivity index (χ4v) is 4.39. The number of sulfone groups is 1. The summed E-state index contributed by atoms with van der Waals surface area (Å²) < 4.78 is 22.9. The van der Waals surface area contributed by atoms with Crippen LogP contribution in [0, 0.1) is 0 Å². The third-order valence-corrected chi connectivity index (χ3v) is 5.51. The number of benzene rings is 1. The molecular formula is C14H22N2O2S. The van der Waals surface area contributed by atoms with Crippen molar-refractivity contribution in [1.82, 2.24) is 4.90 Å². The van der Waals surface area contributed by atoms with Gasteiger partial charge in [0.15, 0.2) is 9.84 Å². The molecule has 2 rings (SSSR count). The largest absolute Gasteiger partial charge is 0.399 e. The Morgan fingerprint density at radius 3 is 2.84 bits per heavy atom. The summed E-state index contributed by atoms with van der Waals surface area (Å²) in [5.74, 6) is 0.666. The number of nitrogens with two attached hydrogens (primary N) is 1. The Kier molecular flexibility index (Phi) is 4.47. The molecule has 1 unspecified atom stereocenters. The van der Waals surface area contributed by atoms with Crippen molar-refractivity contribution in [2.45, 2.75) is 25.3 Å². The molecule has 1 aromatic rings. The molecule has 0 aliphatic carbocycles. The fourth-order valence-electron chi connectivity index (χ4n) is 2.59. The number of anilines is 1. The van der Waals surface area contributed by atoms with Crippen LogP contribution in [0.15, 0.2) is 24.3 Å². The van der Waals surface area contributed by atoms with E-state index in [1.165, 1.54) is 5.56 Å². The Morgan fingerprint density at radius 1 is 1.42 bits per heavy atom. The Bertz CT molecular complexity index is 528. The number of nitrogen functional groups attached to an aromatic ring is 1. The first kappa shape index (κ1) is 14.3. The lowest BCUT2D eigenvalue weighted by atomic mass is 10.1. The molecule has 0 radical (unpaired) electrons. The van der Waals surface area contributed by atoms with Crippen LogP contribution in [0.1, 0.15) is 18.4 Å². The normalized spacial score (nSPS) is 21.9. The van der Waals surface area contributed by atoms with Crippen molar-refractivity contribution in [3.05, 3.63) is 29.8 Å². The van der Waals surface area contributed by atoms with E-state index in [1.54, 1.807) is 0 Å². The van der Waals surface area contributed by atoms with E-state index < -0.39 is 9.84 Å². The Labute approximate surface area is 115 Å². The monoisotopic (exact) mass is 282 g/mol. The van der Waals surface area contributed by atoms with Gasteiger partial charge < -0.3 is 10.6 Å². The van der Waals surface area contributed by atoms with Crippen LogP contribution in [-0.2, 0) is 16.3 Å². The number of nitrogens with zero attached hydrogens (tertiary/aromatic N) is 1. The molecule has 2 N–H and O–H groups in total. The van der Waals surface area contributed by atoms with Crippen LogP contribution in [-0.4, -0.2) is 44.5 Å². The van der Waals surface area contributed by atoms with Crippen molar-refractivity contribution < 1.29 is 8.42 Å². The first-order valence-corrected chi connectivity index (χ1v) is 8.53. The van der Waals surface area contributed by atoms with E-state index in [9.17, 15) is 8.42 Å². The molecule has 1 aromatic carbocycles. The highest BCUT2D eigenvalue weighted by Gasteiger charge is 2.30. The maximum Gasteiger partial charge on any atom is 0.151 e. The number of aryl methyl sites for hydroxylation is 1. The van der Waals surface area contributed by atoms with E-state index in [1.807, 2.05) is 25.2 Å². The molecule has 0 bridgehead atoms. The zero-order chi connectivity index (χ0) is 13.9. The molecule has 1 fully saturated rings. The highest BCUT2D eigenvalue weighted by Crippen LogP contribution is 2.17. The Balaban J connectivity index is 1.77. The van der Waals surface area contributed by atoms with Crippen LogP contribution in [0.3, 0.4) is 0 Å². The Morgan fingerprint density at radius 2 is 2.21 bits per heavy atom. The van der Waals surface area contributed by atoms with E-state index in [0.717, 1.165) is 31.5 Å². The second-order valence-corrected chi connectivity index (χ2v) is 7.61. The SMILES string of the molecule is CN(CCCc1cccc(N)c1)C1CCS(=O)(=O)C1. The molecule has 4 nitrogen and oxygen atoms in total. The topological polar surface area (TPSA) is 63.4 Å². The van der Waals surface area contributed by atoms with Gasteiger partial charge in [-0.3, -0.25) is 0 Å².